The molecule has 1 N–H and O–H groups in total. The Hall–Kier alpha value is -0.390. The number of halogens is 3. The lowest BCUT2D eigenvalue weighted by Crippen LogP contribution is -2.44. The fourth-order valence-corrected chi connectivity index (χ4v) is 4.19. The van der Waals surface area contributed by atoms with E-state index in [2.05, 4.69) is 0 Å². The maximum absolute atomic E-state index is 12.1. The minimum absolute atomic E-state index is 0.0689. The molecule has 0 aromatic carbocycles. The van der Waals surface area contributed by atoms with Crippen molar-refractivity contribution in [3.05, 3.63) is 0 Å². The Balaban J connectivity index is 4.53. The van der Waals surface area contributed by atoms with Crippen LogP contribution in [0.25, 0.3) is 0 Å². The third kappa shape index (κ3) is 7.98. The van der Waals surface area contributed by atoms with E-state index in [9.17, 15) is 30.0 Å². The zero-order chi connectivity index (χ0) is 16.9. The van der Waals surface area contributed by atoms with Crippen LogP contribution in [0.3, 0.4) is 0 Å². The van der Waals surface area contributed by atoms with Gasteiger partial charge in [0.15, 0.2) is 0 Å². The summed E-state index contributed by atoms with van der Waals surface area (Å²) in [5.41, 5.74) is -5.64. The number of nitrogens with zero attached hydrogens (tertiary/aromatic N) is 1. The first kappa shape index (κ1) is 20.6. The summed E-state index contributed by atoms with van der Waals surface area (Å²) >= 11 is 0. The minimum Gasteiger partial charge on any atom is -0.328 e. The average Bonchev–Trinajstić information content (AvgIpc) is 2.22. The van der Waals surface area contributed by atoms with E-state index in [-0.39, 0.29) is 6.42 Å². The Morgan fingerprint density at radius 3 is 1.90 bits per heavy atom. The van der Waals surface area contributed by atoms with Gasteiger partial charge in [-0.15, -0.1) is 4.13 Å². The van der Waals surface area contributed by atoms with Crippen LogP contribution in [0.15, 0.2) is 0 Å². The topological polar surface area (TPSA) is 80.3 Å². The van der Waals surface area contributed by atoms with Gasteiger partial charge in [-0.1, -0.05) is 13.3 Å². The van der Waals surface area contributed by atoms with Gasteiger partial charge in [-0.05, 0) is 6.42 Å². The lowest BCUT2D eigenvalue weighted by Gasteiger charge is -2.29. The third-order valence-electron chi connectivity index (χ3n) is 2.83. The van der Waals surface area contributed by atoms with Gasteiger partial charge in [0.1, 0.15) is 0 Å². The standard InChI is InChI=1S/C10H22F3N2O4S2/c1-4-5-7-15(2,3)8-6-9-20(16,17)14-21(18,19)10(11,12)13/h14H,4-9H2,1-3H3/q+1. The molecule has 0 rings (SSSR count). The molecule has 0 amide bonds. The molecule has 0 aromatic heterocycles. The van der Waals surface area contributed by atoms with Crippen LogP contribution in [0.4, 0.5) is 13.2 Å². The van der Waals surface area contributed by atoms with Crippen molar-refractivity contribution >= 4 is 20.0 Å². The summed E-state index contributed by atoms with van der Waals surface area (Å²) < 4.78 is 81.8. The molecule has 0 aliphatic rings. The quantitative estimate of drug-likeness (QED) is 0.626. The second-order valence-corrected chi connectivity index (χ2v) is 9.22. The van der Waals surface area contributed by atoms with Crippen molar-refractivity contribution in [1.29, 1.82) is 0 Å². The molecule has 128 valence electrons. The highest BCUT2D eigenvalue weighted by Crippen LogP contribution is 2.22. The van der Waals surface area contributed by atoms with Gasteiger partial charge in [0.05, 0.1) is 32.9 Å². The molecule has 0 heterocycles. The first-order valence-corrected chi connectivity index (χ1v) is 9.50. The molecule has 0 fully saturated rings. The number of quaternary nitrogens is 1. The van der Waals surface area contributed by atoms with Crippen LogP contribution in [0, 0.1) is 0 Å². The summed E-state index contributed by atoms with van der Waals surface area (Å²) in [6.07, 6.45) is 1.99. The molecule has 0 aliphatic carbocycles. The number of unbranched alkanes of at least 4 members (excludes halogenated alkanes) is 1. The largest absolute Gasteiger partial charge is 0.512 e. The maximum atomic E-state index is 12.1. The van der Waals surface area contributed by atoms with Crippen molar-refractivity contribution in [2.24, 2.45) is 0 Å². The number of hydrogen-bond acceptors (Lipinski definition) is 4. The van der Waals surface area contributed by atoms with Crippen molar-refractivity contribution in [1.82, 2.24) is 4.13 Å². The number of hydrogen-bond donors (Lipinski definition) is 1. The van der Waals surface area contributed by atoms with Gasteiger partial charge >= 0.3 is 15.5 Å². The number of sulfonamides is 2. The summed E-state index contributed by atoms with van der Waals surface area (Å²) in [4.78, 5) is 0. The zero-order valence-electron chi connectivity index (χ0n) is 12.3. The molecule has 0 radical (unpaired) electrons. The highest BCUT2D eigenvalue weighted by atomic mass is 32.3. The number of alkyl halides is 3. The van der Waals surface area contributed by atoms with E-state index in [0.29, 0.717) is 15.2 Å². The van der Waals surface area contributed by atoms with Gasteiger partial charge in [0.2, 0.25) is 10.0 Å². The Kier molecular flexibility index (Phi) is 7.11. The summed E-state index contributed by atoms with van der Waals surface area (Å²) in [6, 6.07) is 0. The monoisotopic (exact) mass is 355 g/mol. The smallest absolute Gasteiger partial charge is 0.328 e. The van der Waals surface area contributed by atoms with Crippen LogP contribution < -0.4 is 4.13 Å². The molecule has 0 atom stereocenters. The van der Waals surface area contributed by atoms with E-state index in [0.717, 1.165) is 19.4 Å². The Labute approximate surface area is 124 Å². The lowest BCUT2D eigenvalue weighted by molar-refractivity contribution is -0.890. The Morgan fingerprint density at radius 1 is 1.00 bits per heavy atom. The van der Waals surface area contributed by atoms with Crippen molar-refractivity contribution < 1.29 is 34.5 Å². The van der Waals surface area contributed by atoms with E-state index in [1.165, 1.54) is 0 Å². The summed E-state index contributed by atoms with van der Waals surface area (Å²) in [6.45, 7) is 3.24. The number of rotatable bonds is 9. The van der Waals surface area contributed by atoms with Crippen LogP contribution in [-0.4, -0.2) is 59.8 Å². The highest BCUT2D eigenvalue weighted by molar-refractivity contribution is 8.05. The van der Waals surface area contributed by atoms with Gasteiger partial charge in [-0.2, -0.15) is 13.2 Å². The van der Waals surface area contributed by atoms with Crippen molar-refractivity contribution in [2.45, 2.75) is 31.7 Å². The van der Waals surface area contributed by atoms with E-state index in [1.807, 2.05) is 21.0 Å². The lowest BCUT2D eigenvalue weighted by atomic mass is 10.3. The molecule has 0 saturated carbocycles. The molecule has 21 heavy (non-hydrogen) atoms. The van der Waals surface area contributed by atoms with Crippen LogP contribution in [0.2, 0.25) is 0 Å². The van der Waals surface area contributed by atoms with Crippen LogP contribution in [0.1, 0.15) is 26.2 Å². The van der Waals surface area contributed by atoms with Gasteiger partial charge in [-0.3, -0.25) is 0 Å². The van der Waals surface area contributed by atoms with Crippen molar-refractivity contribution in [2.75, 3.05) is 32.9 Å². The molecule has 11 heteroatoms. The Morgan fingerprint density at radius 2 is 1.48 bits per heavy atom. The maximum Gasteiger partial charge on any atom is 0.512 e. The zero-order valence-corrected chi connectivity index (χ0v) is 13.9. The molecule has 0 aliphatic heterocycles. The van der Waals surface area contributed by atoms with Gasteiger partial charge in [0.25, 0.3) is 0 Å². The van der Waals surface area contributed by atoms with Crippen LogP contribution >= 0.6 is 0 Å². The molecule has 0 spiro atoms. The molecule has 6 nitrogen and oxygen atoms in total. The number of nitrogens with one attached hydrogen (secondary N) is 1. The Bertz CT molecular complexity index is 527. The van der Waals surface area contributed by atoms with Gasteiger partial charge < -0.3 is 4.48 Å². The van der Waals surface area contributed by atoms with E-state index in [4.69, 9.17) is 0 Å². The first-order valence-electron chi connectivity index (χ1n) is 6.37. The second kappa shape index (κ2) is 7.25. The summed E-state index contributed by atoms with van der Waals surface area (Å²) in [5.74, 6) is -0.671. The van der Waals surface area contributed by atoms with Crippen LogP contribution in [-0.2, 0) is 20.0 Å². The molecule has 0 saturated heterocycles. The highest BCUT2D eigenvalue weighted by Gasteiger charge is 2.48. The van der Waals surface area contributed by atoms with Crippen molar-refractivity contribution in [3.8, 4) is 0 Å². The second-order valence-electron chi connectivity index (χ2n) is 5.44. The molecular formula is C10H22F3N2O4S2+. The van der Waals surface area contributed by atoms with E-state index >= 15 is 0 Å². The van der Waals surface area contributed by atoms with Crippen molar-refractivity contribution in [3.63, 3.8) is 0 Å². The van der Waals surface area contributed by atoms with E-state index < -0.39 is 31.3 Å². The normalized spacial score (nSPS) is 14.4. The first-order chi connectivity index (χ1) is 9.22. The van der Waals surface area contributed by atoms with Gasteiger partial charge in [0, 0.05) is 6.42 Å². The van der Waals surface area contributed by atoms with E-state index in [1.54, 1.807) is 0 Å². The molecular weight excluding hydrogens is 333 g/mol. The SMILES string of the molecule is CCCC[N+](C)(C)CCCS(=O)(=O)NS(=O)(=O)C(F)(F)F. The molecule has 0 unspecified atom stereocenters. The predicted octanol–water partition coefficient (Wildman–Crippen LogP) is 1.02. The predicted molar refractivity (Wildman–Crippen MR) is 73.3 cm³/mol. The average molecular weight is 355 g/mol. The summed E-state index contributed by atoms with van der Waals surface area (Å²) in [7, 11) is -6.66. The summed E-state index contributed by atoms with van der Waals surface area (Å²) in [5, 5.41) is 0. The molecule has 0 aromatic rings. The molecule has 0 bridgehead atoms. The fourth-order valence-electron chi connectivity index (χ4n) is 1.64. The van der Waals surface area contributed by atoms with Crippen LogP contribution in [0.5, 0.6) is 0 Å². The fraction of sp³-hybridized carbons (Fsp3) is 1.00. The third-order valence-corrected chi connectivity index (χ3v) is 6.16. The minimum atomic E-state index is -5.88. The van der Waals surface area contributed by atoms with Gasteiger partial charge in [-0.25, -0.2) is 16.8 Å².